The lowest BCUT2D eigenvalue weighted by Crippen LogP contribution is -2.09. The Morgan fingerprint density at radius 2 is 1.15 bits per heavy atom. The van der Waals surface area contributed by atoms with Gasteiger partial charge in [-0.15, -0.1) is 0 Å². The number of hydrogen-bond donors (Lipinski definition) is 0. The van der Waals surface area contributed by atoms with Crippen molar-refractivity contribution in [3.8, 4) is 27.9 Å². The molecule has 1 aliphatic rings. The third-order valence-corrected chi connectivity index (χ3v) is 8.44. The molecule has 2 heteroatoms. The van der Waals surface area contributed by atoms with Crippen LogP contribution in [0.2, 0.25) is 0 Å². The van der Waals surface area contributed by atoms with Crippen LogP contribution in [0, 0.1) is 0 Å². The van der Waals surface area contributed by atoms with Gasteiger partial charge in [-0.3, -0.25) is 0 Å². The summed E-state index contributed by atoms with van der Waals surface area (Å²) in [7, 11) is 2.15. The average Bonchev–Trinajstić information content (AvgIpc) is 3.56. The van der Waals surface area contributed by atoms with E-state index >= 15 is 0 Å². The van der Waals surface area contributed by atoms with Crippen molar-refractivity contribution in [3.05, 3.63) is 151 Å². The molecule has 40 heavy (non-hydrogen) atoms. The molecule has 0 saturated carbocycles. The molecule has 2 nitrogen and oxygen atoms in total. The molecule has 0 aliphatic heterocycles. The quantitative estimate of drug-likeness (QED) is 0.228. The van der Waals surface area contributed by atoms with Crippen LogP contribution in [0.3, 0.4) is 0 Å². The van der Waals surface area contributed by atoms with E-state index in [2.05, 4.69) is 156 Å². The second-order valence-electron chi connectivity index (χ2n) is 10.7. The van der Waals surface area contributed by atoms with Gasteiger partial charge in [0.1, 0.15) is 0 Å². The standard InChI is InChI=1S/C38H28N2/c1-39(30-20-17-26(18-21-30)27-19-22-34-29(23-27)24-28-9-2-3-12-33(28)34)31-10-8-11-32(25-31)40-37-15-6-4-13-35(37)36-14-5-7-16-38(36)40/h2-23,25H,24H2,1H3. The number of benzene rings is 6. The number of hydrogen-bond acceptors (Lipinski definition) is 1. The van der Waals surface area contributed by atoms with Gasteiger partial charge in [-0.2, -0.15) is 0 Å². The van der Waals surface area contributed by atoms with E-state index in [9.17, 15) is 0 Å². The van der Waals surface area contributed by atoms with Gasteiger partial charge in [0.2, 0.25) is 0 Å². The van der Waals surface area contributed by atoms with Crippen molar-refractivity contribution in [2.75, 3.05) is 11.9 Å². The van der Waals surface area contributed by atoms with E-state index in [1.54, 1.807) is 0 Å². The molecule has 7 aromatic rings. The largest absolute Gasteiger partial charge is 0.345 e. The molecule has 1 aromatic heterocycles. The minimum atomic E-state index is 1.02. The maximum absolute atomic E-state index is 2.37. The summed E-state index contributed by atoms with van der Waals surface area (Å²) in [4.78, 5) is 2.26. The summed E-state index contributed by atoms with van der Waals surface area (Å²) >= 11 is 0. The van der Waals surface area contributed by atoms with E-state index in [1.165, 1.54) is 55.2 Å². The van der Waals surface area contributed by atoms with Crippen LogP contribution in [-0.2, 0) is 6.42 Å². The summed E-state index contributed by atoms with van der Waals surface area (Å²) in [6.07, 6.45) is 1.02. The number of fused-ring (bicyclic) bond motifs is 6. The summed E-state index contributed by atoms with van der Waals surface area (Å²) in [5, 5.41) is 2.56. The topological polar surface area (TPSA) is 8.17 Å². The van der Waals surface area contributed by atoms with E-state index in [4.69, 9.17) is 0 Å². The Morgan fingerprint density at radius 1 is 0.500 bits per heavy atom. The summed E-state index contributed by atoms with van der Waals surface area (Å²) in [6.45, 7) is 0. The normalized spacial score (nSPS) is 12.0. The number of aromatic nitrogens is 1. The van der Waals surface area contributed by atoms with Gasteiger partial charge in [0, 0.05) is 34.9 Å². The first-order valence-electron chi connectivity index (χ1n) is 13.9. The van der Waals surface area contributed by atoms with Gasteiger partial charge in [0.15, 0.2) is 0 Å². The average molecular weight is 513 g/mol. The van der Waals surface area contributed by atoms with E-state index in [0.29, 0.717) is 0 Å². The molecule has 0 saturated heterocycles. The van der Waals surface area contributed by atoms with Crippen molar-refractivity contribution in [2.24, 2.45) is 0 Å². The zero-order valence-corrected chi connectivity index (χ0v) is 22.4. The first kappa shape index (κ1) is 22.9. The molecular formula is C38H28N2. The number of rotatable bonds is 4. The Balaban J connectivity index is 1.11. The zero-order chi connectivity index (χ0) is 26.6. The first-order chi connectivity index (χ1) is 19.7. The lowest BCUT2D eigenvalue weighted by atomic mass is 9.99. The molecule has 0 N–H and O–H groups in total. The van der Waals surface area contributed by atoms with Crippen molar-refractivity contribution < 1.29 is 0 Å². The van der Waals surface area contributed by atoms with Gasteiger partial charge in [-0.1, -0.05) is 97.1 Å². The molecule has 0 atom stereocenters. The fourth-order valence-electron chi connectivity index (χ4n) is 6.39. The molecule has 0 unspecified atom stereocenters. The van der Waals surface area contributed by atoms with Crippen LogP contribution >= 0.6 is 0 Å². The van der Waals surface area contributed by atoms with Crippen LogP contribution in [0.25, 0.3) is 49.7 Å². The molecule has 190 valence electrons. The Morgan fingerprint density at radius 3 is 1.93 bits per heavy atom. The van der Waals surface area contributed by atoms with Crippen LogP contribution in [0.5, 0.6) is 0 Å². The van der Waals surface area contributed by atoms with E-state index in [-0.39, 0.29) is 0 Å². The molecule has 0 spiro atoms. The third-order valence-electron chi connectivity index (χ3n) is 8.44. The second-order valence-corrected chi connectivity index (χ2v) is 10.7. The molecule has 0 fully saturated rings. The van der Waals surface area contributed by atoms with E-state index in [0.717, 1.165) is 23.5 Å². The lowest BCUT2D eigenvalue weighted by molar-refractivity contribution is 1.15. The van der Waals surface area contributed by atoms with E-state index in [1.807, 2.05) is 0 Å². The number of nitrogens with zero attached hydrogens (tertiary/aromatic N) is 2. The highest BCUT2D eigenvalue weighted by atomic mass is 15.1. The molecule has 8 rings (SSSR count). The van der Waals surface area contributed by atoms with Crippen LogP contribution in [-0.4, -0.2) is 11.6 Å². The third kappa shape index (κ3) is 3.57. The van der Waals surface area contributed by atoms with Crippen molar-refractivity contribution >= 4 is 33.2 Å². The maximum Gasteiger partial charge on any atom is 0.0541 e. The monoisotopic (exact) mass is 512 g/mol. The van der Waals surface area contributed by atoms with Crippen molar-refractivity contribution in [1.29, 1.82) is 0 Å². The van der Waals surface area contributed by atoms with Crippen LogP contribution in [0.1, 0.15) is 11.1 Å². The summed E-state index contributed by atoms with van der Waals surface area (Å²) in [5.74, 6) is 0. The maximum atomic E-state index is 2.37. The van der Waals surface area contributed by atoms with Crippen LogP contribution in [0.4, 0.5) is 11.4 Å². The fourth-order valence-corrected chi connectivity index (χ4v) is 6.39. The predicted molar refractivity (Wildman–Crippen MR) is 169 cm³/mol. The van der Waals surface area contributed by atoms with Gasteiger partial charge in [-0.05, 0) is 82.3 Å². The Bertz CT molecular complexity index is 1990. The molecule has 1 aliphatic carbocycles. The van der Waals surface area contributed by atoms with Gasteiger partial charge in [0.05, 0.1) is 11.0 Å². The Hall–Kier alpha value is -5.08. The smallest absolute Gasteiger partial charge is 0.0541 e. The lowest BCUT2D eigenvalue weighted by Gasteiger charge is -2.21. The molecular weight excluding hydrogens is 484 g/mol. The van der Waals surface area contributed by atoms with Crippen molar-refractivity contribution in [3.63, 3.8) is 0 Å². The minimum Gasteiger partial charge on any atom is -0.345 e. The van der Waals surface area contributed by atoms with Crippen LogP contribution in [0.15, 0.2) is 140 Å². The summed E-state index contributed by atoms with van der Waals surface area (Å²) < 4.78 is 2.37. The van der Waals surface area contributed by atoms with Gasteiger partial charge < -0.3 is 9.47 Å². The molecule has 0 amide bonds. The number of para-hydroxylation sites is 2. The first-order valence-corrected chi connectivity index (χ1v) is 13.9. The molecule has 1 heterocycles. The van der Waals surface area contributed by atoms with Crippen molar-refractivity contribution in [1.82, 2.24) is 4.57 Å². The van der Waals surface area contributed by atoms with Gasteiger partial charge in [0.25, 0.3) is 0 Å². The fraction of sp³-hybridized carbons (Fsp3) is 0.0526. The summed E-state index contributed by atoms with van der Waals surface area (Å²) in [5.41, 5.74) is 14.1. The Kier molecular flexibility index (Phi) is 5.14. The molecule has 0 radical (unpaired) electrons. The highest BCUT2D eigenvalue weighted by Crippen LogP contribution is 2.39. The van der Waals surface area contributed by atoms with Gasteiger partial charge >= 0.3 is 0 Å². The van der Waals surface area contributed by atoms with Crippen LogP contribution < -0.4 is 4.90 Å². The highest BCUT2D eigenvalue weighted by Gasteiger charge is 2.18. The molecule has 0 bridgehead atoms. The summed E-state index contributed by atoms with van der Waals surface area (Å²) in [6, 6.07) is 50.8. The number of anilines is 2. The zero-order valence-electron chi connectivity index (χ0n) is 22.4. The minimum absolute atomic E-state index is 1.02. The van der Waals surface area contributed by atoms with Crippen molar-refractivity contribution in [2.45, 2.75) is 6.42 Å². The SMILES string of the molecule is CN(c1ccc(-c2ccc3c(c2)Cc2ccccc2-3)cc1)c1cccc(-n2c3ccccc3c3ccccc32)c1. The van der Waals surface area contributed by atoms with Gasteiger partial charge in [-0.25, -0.2) is 0 Å². The highest BCUT2D eigenvalue weighted by molar-refractivity contribution is 6.09. The predicted octanol–water partition coefficient (Wildman–Crippen LogP) is 9.79. The van der Waals surface area contributed by atoms with E-state index < -0.39 is 0 Å². The second kappa shape index (κ2) is 9.00. The Labute approximate surface area is 234 Å². The molecule has 6 aromatic carbocycles.